The third kappa shape index (κ3) is 5.39. The number of benzene rings is 2. The van der Waals surface area contributed by atoms with Gasteiger partial charge < -0.3 is 15.0 Å². The van der Waals surface area contributed by atoms with Crippen molar-refractivity contribution in [1.29, 1.82) is 0 Å². The van der Waals surface area contributed by atoms with E-state index in [1.165, 1.54) is 17.8 Å². The van der Waals surface area contributed by atoms with Gasteiger partial charge in [0.25, 0.3) is 5.91 Å². The maximum absolute atomic E-state index is 12.5. The molecule has 1 aliphatic rings. The van der Waals surface area contributed by atoms with Crippen LogP contribution in [0.25, 0.3) is 0 Å². The van der Waals surface area contributed by atoms with Gasteiger partial charge in [0, 0.05) is 25.3 Å². The summed E-state index contributed by atoms with van der Waals surface area (Å²) < 4.78 is 42.8. The minimum atomic E-state index is -4.38. The van der Waals surface area contributed by atoms with Gasteiger partial charge in [0.2, 0.25) is 0 Å². The number of para-hydroxylation sites is 1. The van der Waals surface area contributed by atoms with Crippen LogP contribution in [0.4, 0.5) is 18.9 Å². The molecule has 1 saturated heterocycles. The minimum absolute atomic E-state index is 0.222. The van der Waals surface area contributed by atoms with Crippen LogP contribution in [0, 0.1) is 5.92 Å². The standard InChI is InChI=1S/C20H21F3N2O2/c21-20(22,23)16-6-8-18(9-7-16)27-14-19(26)24-12-15-10-11-25(13-15)17-4-2-1-3-5-17/h1-9,15H,10-14H2,(H,24,26). The Balaban J connectivity index is 1.39. The van der Waals surface area contributed by atoms with Crippen LogP contribution in [0.15, 0.2) is 54.6 Å². The van der Waals surface area contributed by atoms with Gasteiger partial charge in [-0.3, -0.25) is 4.79 Å². The Bertz CT molecular complexity index is 748. The Morgan fingerprint density at radius 3 is 2.48 bits per heavy atom. The molecule has 2 aromatic carbocycles. The van der Waals surface area contributed by atoms with Gasteiger partial charge in [-0.2, -0.15) is 13.2 Å². The zero-order chi connectivity index (χ0) is 19.3. The third-order valence-electron chi connectivity index (χ3n) is 4.55. The summed E-state index contributed by atoms with van der Waals surface area (Å²) in [6.45, 7) is 2.16. The molecule has 1 unspecified atom stereocenters. The van der Waals surface area contributed by atoms with Gasteiger partial charge in [0.1, 0.15) is 5.75 Å². The summed E-state index contributed by atoms with van der Waals surface area (Å²) in [5, 5.41) is 2.83. The smallest absolute Gasteiger partial charge is 0.416 e. The summed E-state index contributed by atoms with van der Waals surface area (Å²) in [7, 11) is 0. The highest BCUT2D eigenvalue weighted by molar-refractivity contribution is 5.77. The first-order chi connectivity index (χ1) is 12.9. The second kappa shape index (κ2) is 8.33. The number of hydrogen-bond acceptors (Lipinski definition) is 3. The van der Waals surface area contributed by atoms with Crippen LogP contribution in [-0.4, -0.2) is 32.1 Å². The molecule has 4 nitrogen and oxygen atoms in total. The van der Waals surface area contributed by atoms with E-state index >= 15 is 0 Å². The zero-order valence-electron chi connectivity index (χ0n) is 14.7. The predicted octanol–water partition coefficient (Wildman–Crippen LogP) is 3.73. The molecule has 1 atom stereocenters. The molecule has 0 aromatic heterocycles. The summed E-state index contributed by atoms with van der Waals surface area (Å²) in [6.07, 6.45) is -3.39. The summed E-state index contributed by atoms with van der Waals surface area (Å²) in [6, 6.07) is 14.4. The van der Waals surface area contributed by atoms with Gasteiger partial charge in [-0.05, 0) is 48.7 Å². The van der Waals surface area contributed by atoms with Gasteiger partial charge in [-0.1, -0.05) is 18.2 Å². The van der Waals surface area contributed by atoms with E-state index in [1.54, 1.807) is 0 Å². The third-order valence-corrected chi connectivity index (χ3v) is 4.55. The predicted molar refractivity (Wildman–Crippen MR) is 96.7 cm³/mol. The summed E-state index contributed by atoms with van der Waals surface area (Å²) >= 11 is 0. The fourth-order valence-electron chi connectivity index (χ4n) is 3.07. The Labute approximate surface area is 155 Å². The Morgan fingerprint density at radius 2 is 1.81 bits per heavy atom. The van der Waals surface area contributed by atoms with Crippen molar-refractivity contribution in [1.82, 2.24) is 5.32 Å². The van der Waals surface area contributed by atoms with Crippen molar-refractivity contribution in [3.8, 4) is 5.75 Å². The lowest BCUT2D eigenvalue weighted by molar-refractivity contribution is -0.137. The molecule has 0 bridgehead atoms. The quantitative estimate of drug-likeness (QED) is 0.833. The lowest BCUT2D eigenvalue weighted by atomic mass is 10.1. The highest BCUT2D eigenvalue weighted by Gasteiger charge is 2.30. The fraction of sp³-hybridized carbons (Fsp3) is 0.350. The first-order valence-corrected chi connectivity index (χ1v) is 8.78. The van der Waals surface area contributed by atoms with Gasteiger partial charge >= 0.3 is 6.18 Å². The second-order valence-electron chi connectivity index (χ2n) is 6.55. The first-order valence-electron chi connectivity index (χ1n) is 8.78. The molecule has 1 amide bonds. The van der Waals surface area contributed by atoms with Crippen molar-refractivity contribution in [3.63, 3.8) is 0 Å². The molecular weight excluding hydrogens is 357 g/mol. The number of amides is 1. The maximum Gasteiger partial charge on any atom is 0.416 e. The van der Waals surface area contributed by atoms with Gasteiger partial charge in [0.15, 0.2) is 6.61 Å². The molecule has 3 rings (SSSR count). The van der Waals surface area contributed by atoms with E-state index in [9.17, 15) is 18.0 Å². The molecule has 0 aliphatic carbocycles. The van der Waals surface area contributed by atoms with Crippen molar-refractivity contribution in [3.05, 3.63) is 60.2 Å². The topological polar surface area (TPSA) is 41.6 Å². The Morgan fingerprint density at radius 1 is 1.11 bits per heavy atom. The summed E-state index contributed by atoms with van der Waals surface area (Å²) in [5.74, 6) is 0.308. The van der Waals surface area contributed by atoms with Crippen molar-refractivity contribution in [2.75, 3.05) is 31.1 Å². The highest BCUT2D eigenvalue weighted by Crippen LogP contribution is 2.30. The number of nitrogens with zero attached hydrogens (tertiary/aromatic N) is 1. The number of ether oxygens (including phenoxy) is 1. The van der Waals surface area contributed by atoms with Crippen LogP contribution < -0.4 is 15.0 Å². The highest BCUT2D eigenvalue weighted by atomic mass is 19.4. The first kappa shape index (κ1) is 19.1. The van der Waals surface area contributed by atoms with Gasteiger partial charge in [-0.25, -0.2) is 0 Å². The molecule has 0 spiro atoms. The maximum atomic E-state index is 12.5. The Kier molecular flexibility index (Phi) is 5.88. The van der Waals surface area contributed by atoms with Crippen LogP contribution in [0.2, 0.25) is 0 Å². The molecule has 0 saturated carbocycles. The van der Waals surface area contributed by atoms with Crippen molar-refractivity contribution >= 4 is 11.6 Å². The van der Waals surface area contributed by atoms with E-state index in [1.807, 2.05) is 18.2 Å². The lowest BCUT2D eigenvalue weighted by Gasteiger charge is -2.18. The van der Waals surface area contributed by atoms with Crippen LogP contribution in [0.1, 0.15) is 12.0 Å². The molecule has 2 aromatic rings. The molecule has 7 heteroatoms. The minimum Gasteiger partial charge on any atom is -0.484 e. The van der Waals surface area contributed by atoms with E-state index in [-0.39, 0.29) is 18.3 Å². The van der Waals surface area contributed by atoms with Crippen molar-refractivity contribution in [2.24, 2.45) is 5.92 Å². The van der Waals surface area contributed by atoms with E-state index in [0.717, 1.165) is 31.6 Å². The number of rotatable bonds is 6. The molecule has 144 valence electrons. The van der Waals surface area contributed by atoms with Crippen LogP contribution >= 0.6 is 0 Å². The van der Waals surface area contributed by atoms with E-state index in [2.05, 4.69) is 22.3 Å². The summed E-state index contributed by atoms with van der Waals surface area (Å²) in [5.41, 5.74) is 0.431. The zero-order valence-corrected chi connectivity index (χ0v) is 14.7. The average molecular weight is 378 g/mol. The van der Waals surface area contributed by atoms with E-state index in [4.69, 9.17) is 4.74 Å². The number of nitrogens with one attached hydrogen (secondary N) is 1. The number of anilines is 1. The normalized spacial score (nSPS) is 17.0. The SMILES string of the molecule is O=C(COc1ccc(C(F)(F)F)cc1)NCC1CCN(c2ccccc2)C1. The molecule has 1 heterocycles. The molecule has 0 radical (unpaired) electrons. The number of carbonyl (C=O) groups is 1. The lowest BCUT2D eigenvalue weighted by Crippen LogP contribution is -2.34. The number of carbonyl (C=O) groups excluding carboxylic acids is 1. The van der Waals surface area contributed by atoms with Crippen LogP contribution in [0.3, 0.4) is 0 Å². The van der Waals surface area contributed by atoms with E-state index in [0.29, 0.717) is 12.5 Å². The molecule has 1 fully saturated rings. The van der Waals surface area contributed by atoms with Crippen molar-refractivity contribution < 1.29 is 22.7 Å². The van der Waals surface area contributed by atoms with Crippen LogP contribution in [0.5, 0.6) is 5.75 Å². The second-order valence-corrected chi connectivity index (χ2v) is 6.55. The Hall–Kier alpha value is -2.70. The largest absolute Gasteiger partial charge is 0.484 e. The van der Waals surface area contributed by atoms with Crippen molar-refractivity contribution in [2.45, 2.75) is 12.6 Å². The summed E-state index contributed by atoms with van der Waals surface area (Å²) in [4.78, 5) is 14.2. The number of hydrogen-bond donors (Lipinski definition) is 1. The van der Waals surface area contributed by atoms with E-state index < -0.39 is 11.7 Å². The molecular formula is C20H21F3N2O2. The van der Waals surface area contributed by atoms with Crippen LogP contribution in [-0.2, 0) is 11.0 Å². The molecule has 1 N–H and O–H groups in total. The molecule has 1 aliphatic heterocycles. The monoisotopic (exact) mass is 378 g/mol. The molecule has 27 heavy (non-hydrogen) atoms. The van der Waals surface area contributed by atoms with Gasteiger partial charge in [0.05, 0.1) is 5.56 Å². The number of halogens is 3. The van der Waals surface area contributed by atoms with Gasteiger partial charge in [-0.15, -0.1) is 0 Å². The number of alkyl halides is 3. The average Bonchev–Trinajstić information content (AvgIpc) is 3.14. The fourth-order valence-corrected chi connectivity index (χ4v) is 3.07.